The predicted octanol–water partition coefficient (Wildman–Crippen LogP) is 6.45. The third-order valence-corrected chi connectivity index (χ3v) is 6.16. The predicted molar refractivity (Wildman–Crippen MR) is 122 cm³/mol. The number of nitrogens with one attached hydrogen (secondary N) is 2. The number of aromatic amines is 1. The number of benzene rings is 3. The number of amides is 2. The number of halogens is 2. The molecular formula is C25H21ClFN3O. The van der Waals surface area contributed by atoms with Gasteiger partial charge in [-0.1, -0.05) is 48.0 Å². The summed E-state index contributed by atoms with van der Waals surface area (Å²) in [6.07, 6.45) is 0.728. The Bertz CT molecular complexity index is 1280. The molecule has 1 aromatic heterocycles. The van der Waals surface area contributed by atoms with E-state index in [0.717, 1.165) is 34.1 Å². The lowest BCUT2D eigenvalue weighted by molar-refractivity contribution is 0.193. The smallest absolute Gasteiger partial charge is 0.322 e. The number of aryl methyl sites for hydroxylation is 1. The van der Waals surface area contributed by atoms with Gasteiger partial charge in [-0.3, -0.25) is 0 Å². The third kappa shape index (κ3) is 3.55. The Morgan fingerprint density at radius 1 is 1.13 bits per heavy atom. The van der Waals surface area contributed by atoms with E-state index in [0.29, 0.717) is 17.3 Å². The van der Waals surface area contributed by atoms with Crippen molar-refractivity contribution in [1.29, 1.82) is 0 Å². The van der Waals surface area contributed by atoms with Crippen molar-refractivity contribution >= 4 is 34.2 Å². The fourth-order valence-electron chi connectivity index (χ4n) is 4.36. The highest BCUT2D eigenvalue weighted by atomic mass is 35.5. The van der Waals surface area contributed by atoms with Gasteiger partial charge in [0.25, 0.3) is 0 Å². The molecule has 0 saturated carbocycles. The fourth-order valence-corrected chi connectivity index (χ4v) is 4.64. The van der Waals surface area contributed by atoms with E-state index in [1.54, 1.807) is 23.1 Å². The van der Waals surface area contributed by atoms with E-state index in [4.69, 9.17) is 11.6 Å². The number of hydrogen-bond donors (Lipinski definition) is 2. The quantitative estimate of drug-likeness (QED) is 0.375. The van der Waals surface area contributed by atoms with Gasteiger partial charge >= 0.3 is 6.03 Å². The van der Waals surface area contributed by atoms with Gasteiger partial charge in [0.15, 0.2) is 0 Å². The van der Waals surface area contributed by atoms with Crippen molar-refractivity contribution in [1.82, 2.24) is 9.88 Å². The van der Waals surface area contributed by atoms with Crippen molar-refractivity contribution in [2.24, 2.45) is 0 Å². The minimum absolute atomic E-state index is 0.246. The van der Waals surface area contributed by atoms with Crippen LogP contribution in [0.5, 0.6) is 0 Å². The van der Waals surface area contributed by atoms with Crippen molar-refractivity contribution in [3.05, 3.63) is 100.0 Å². The molecule has 4 aromatic rings. The Morgan fingerprint density at radius 3 is 2.68 bits per heavy atom. The van der Waals surface area contributed by atoms with Gasteiger partial charge in [0.2, 0.25) is 0 Å². The monoisotopic (exact) mass is 433 g/mol. The number of rotatable bonds is 2. The second-order valence-electron chi connectivity index (χ2n) is 7.87. The van der Waals surface area contributed by atoms with Crippen molar-refractivity contribution in [2.45, 2.75) is 19.4 Å². The molecule has 2 heterocycles. The summed E-state index contributed by atoms with van der Waals surface area (Å²) in [4.78, 5) is 18.6. The van der Waals surface area contributed by atoms with Crippen LogP contribution in [0.3, 0.4) is 0 Å². The second-order valence-corrected chi connectivity index (χ2v) is 8.28. The minimum Gasteiger partial charge on any atom is -0.356 e. The van der Waals surface area contributed by atoms with Gasteiger partial charge in [-0.15, -0.1) is 0 Å². The summed E-state index contributed by atoms with van der Waals surface area (Å²) in [6.45, 7) is 2.48. The van der Waals surface area contributed by atoms with Crippen LogP contribution in [-0.4, -0.2) is 22.5 Å². The standard InChI is InChI=1S/C25H21ClFN3O/c1-15-6-11-22(20(26)14-15)29-25(31)30-13-12-19-18-4-2-3-5-21(18)28-23(19)24(30)16-7-9-17(27)10-8-16/h2-11,14,24,28H,12-13H2,1H3,(H,29,31). The van der Waals surface area contributed by atoms with Crippen molar-refractivity contribution in [2.75, 3.05) is 11.9 Å². The van der Waals surface area contributed by atoms with Crippen LogP contribution in [0.25, 0.3) is 10.9 Å². The van der Waals surface area contributed by atoms with Crippen molar-refractivity contribution < 1.29 is 9.18 Å². The number of para-hydroxylation sites is 1. The van der Waals surface area contributed by atoms with Crippen LogP contribution in [0.15, 0.2) is 66.7 Å². The lowest BCUT2D eigenvalue weighted by Crippen LogP contribution is -2.43. The van der Waals surface area contributed by atoms with Crippen LogP contribution < -0.4 is 5.32 Å². The maximum atomic E-state index is 13.6. The van der Waals surface area contributed by atoms with E-state index in [9.17, 15) is 9.18 Å². The molecule has 0 bridgehead atoms. The van der Waals surface area contributed by atoms with Gasteiger partial charge in [-0.05, 0) is 60.4 Å². The van der Waals surface area contributed by atoms with E-state index >= 15 is 0 Å². The topological polar surface area (TPSA) is 48.1 Å². The first-order valence-corrected chi connectivity index (χ1v) is 10.6. The van der Waals surface area contributed by atoms with E-state index in [2.05, 4.69) is 16.4 Å². The largest absolute Gasteiger partial charge is 0.356 e. The Kier molecular flexibility index (Phi) is 4.91. The maximum absolute atomic E-state index is 13.6. The lowest BCUT2D eigenvalue weighted by atomic mass is 9.92. The lowest BCUT2D eigenvalue weighted by Gasteiger charge is -2.36. The van der Waals surface area contributed by atoms with E-state index < -0.39 is 0 Å². The Balaban J connectivity index is 1.57. The van der Waals surface area contributed by atoms with Gasteiger partial charge in [-0.2, -0.15) is 0 Å². The average Bonchev–Trinajstić information content (AvgIpc) is 3.14. The molecule has 156 valence electrons. The summed E-state index contributed by atoms with van der Waals surface area (Å²) in [5, 5.41) is 4.60. The molecule has 2 amide bonds. The zero-order valence-corrected chi connectivity index (χ0v) is 17.7. The maximum Gasteiger partial charge on any atom is 0.322 e. The Morgan fingerprint density at radius 2 is 1.90 bits per heavy atom. The normalized spacial score (nSPS) is 15.7. The molecule has 31 heavy (non-hydrogen) atoms. The number of nitrogens with zero attached hydrogens (tertiary/aromatic N) is 1. The van der Waals surface area contributed by atoms with Crippen LogP contribution in [-0.2, 0) is 6.42 Å². The molecule has 3 aromatic carbocycles. The number of aromatic nitrogens is 1. The van der Waals surface area contributed by atoms with Crippen LogP contribution in [0, 0.1) is 12.7 Å². The summed E-state index contributed by atoms with van der Waals surface area (Å²) < 4.78 is 13.6. The molecule has 0 fully saturated rings. The summed E-state index contributed by atoms with van der Waals surface area (Å²) in [5.74, 6) is -0.307. The summed E-state index contributed by atoms with van der Waals surface area (Å²) >= 11 is 6.34. The molecule has 0 spiro atoms. The zero-order chi connectivity index (χ0) is 21.5. The molecule has 6 heteroatoms. The molecule has 1 atom stereocenters. The van der Waals surface area contributed by atoms with Gasteiger partial charge < -0.3 is 15.2 Å². The number of anilines is 1. The molecule has 1 unspecified atom stereocenters. The Labute approximate surface area is 184 Å². The first-order valence-electron chi connectivity index (χ1n) is 10.2. The highest BCUT2D eigenvalue weighted by Crippen LogP contribution is 2.39. The molecular weight excluding hydrogens is 413 g/mol. The van der Waals surface area contributed by atoms with Gasteiger partial charge in [0.1, 0.15) is 5.82 Å². The molecule has 0 radical (unpaired) electrons. The molecule has 5 rings (SSSR count). The van der Waals surface area contributed by atoms with Crippen LogP contribution in [0.2, 0.25) is 5.02 Å². The third-order valence-electron chi connectivity index (χ3n) is 5.85. The first kappa shape index (κ1) is 19.6. The number of carbonyl (C=O) groups excluding carboxylic acids is 1. The summed E-state index contributed by atoms with van der Waals surface area (Å²) in [7, 11) is 0. The minimum atomic E-state index is -0.360. The SMILES string of the molecule is Cc1ccc(NC(=O)N2CCc3c([nH]c4ccccc34)C2c2ccc(F)cc2)c(Cl)c1. The van der Waals surface area contributed by atoms with Crippen LogP contribution in [0.1, 0.15) is 28.4 Å². The second kappa shape index (κ2) is 7.75. The summed E-state index contributed by atoms with van der Waals surface area (Å²) in [6, 6.07) is 19.4. The van der Waals surface area contributed by atoms with Crippen LogP contribution in [0.4, 0.5) is 14.9 Å². The van der Waals surface area contributed by atoms with E-state index in [1.807, 2.05) is 37.3 Å². The Hall–Kier alpha value is -3.31. The van der Waals surface area contributed by atoms with Crippen molar-refractivity contribution in [3.63, 3.8) is 0 Å². The number of urea groups is 1. The van der Waals surface area contributed by atoms with Gasteiger partial charge in [0.05, 0.1) is 16.8 Å². The van der Waals surface area contributed by atoms with Gasteiger partial charge in [-0.25, -0.2) is 9.18 Å². The highest BCUT2D eigenvalue weighted by molar-refractivity contribution is 6.33. The molecule has 1 aliphatic heterocycles. The molecule has 0 saturated heterocycles. The summed E-state index contributed by atoms with van der Waals surface area (Å²) in [5.41, 5.74) is 5.62. The average molecular weight is 434 g/mol. The molecule has 2 N–H and O–H groups in total. The highest BCUT2D eigenvalue weighted by Gasteiger charge is 2.34. The fraction of sp³-hybridized carbons (Fsp3) is 0.160. The molecule has 1 aliphatic rings. The zero-order valence-electron chi connectivity index (χ0n) is 17.0. The van der Waals surface area contributed by atoms with E-state index in [-0.39, 0.29) is 17.9 Å². The molecule has 4 nitrogen and oxygen atoms in total. The number of hydrogen-bond acceptors (Lipinski definition) is 1. The van der Waals surface area contributed by atoms with Crippen molar-refractivity contribution in [3.8, 4) is 0 Å². The van der Waals surface area contributed by atoms with Gasteiger partial charge in [0, 0.05) is 23.1 Å². The van der Waals surface area contributed by atoms with Crippen LogP contribution >= 0.6 is 11.6 Å². The number of carbonyl (C=O) groups is 1. The number of fused-ring (bicyclic) bond motifs is 3. The molecule has 0 aliphatic carbocycles. The first-order chi connectivity index (χ1) is 15.0. The number of H-pyrrole nitrogens is 1. The van der Waals surface area contributed by atoms with E-state index in [1.165, 1.54) is 17.7 Å².